The normalized spacial score (nSPS) is 17.2. The average Bonchev–Trinajstić information content (AvgIpc) is 3.13. The summed E-state index contributed by atoms with van der Waals surface area (Å²) in [6.45, 7) is 3.24. The summed E-state index contributed by atoms with van der Waals surface area (Å²) in [5.41, 5.74) is 0.832. The maximum absolute atomic E-state index is 13.2. The number of Topliss-reactive ketones (excluding diaryl/α,β-unsaturated/α-hetero) is 1. The maximum atomic E-state index is 13.2. The van der Waals surface area contributed by atoms with Gasteiger partial charge in [0, 0.05) is 12.1 Å². The Morgan fingerprint density at radius 2 is 1.87 bits per heavy atom. The molecule has 0 aliphatic carbocycles. The summed E-state index contributed by atoms with van der Waals surface area (Å²) in [5, 5.41) is 2.84. The number of piperidine rings is 1. The molecular weight excluding hydrogens is 442 g/mol. The van der Waals surface area contributed by atoms with Crippen LogP contribution in [-0.2, 0) is 19.6 Å². The predicted octanol–water partition coefficient (Wildman–Crippen LogP) is 2.62. The van der Waals surface area contributed by atoms with E-state index in [9.17, 15) is 22.8 Å². The van der Waals surface area contributed by atoms with Crippen molar-refractivity contribution in [1.82, 2.24) is 9.29 Å². The number of carbonyl (C=O) groups is 3. The minimum Gasteiger partial charge on any atom is -0.465 e. The summed E-state index contributed by atoms with van der Waals surface area (Å²) in [4.78, 5) is 40.6. The Hall–Kier alpha value is -2.63. The van der Waals surface area contributed by atoms with Gasteiger partial charge >= 0.3 is 5.97 Å². The lowest BCUT2D eigenvalue weighted by Crippen LogP contribution is -2.49. The zero-order chi connectivity index (χ0) is 22.8. The van der Waals surface area contributed by atoms with Gasteiger partial charge in [0.05, 0.1) is 17.7 Å². The number of aryl methyl sites for hydroxylation is 1. The number of nitrogens with one attached hydrogen (secondary N) is 1. The SMILES string of the molecule is COC(=O)c1sc(NC(=O)C2CCCCN2S(=O)(=O)c2ccc(C(C)=O)cc2)nc1C. The number of sulfonamides is 1. The highest BCUT2D eigenvalue weighted by Gasteiger charge is 2.38. The maximum Gasteiger partial charge on any atom is 0.350 e. The molecule has 1 N–H and O–H groups in total. The van der Waals surface area contributed by atoms with Crippen LogP contribution in [0.5, 0.6) is 0 Å². The number of nitrogens with zero attached hydrogens (tertiary/aromatic N) is 2. The van der Waals surface area contributed by atoms with Gasteiger partial charge in [-0.2, -0.15) is 4.31 Å². The first kappa shape index (κ1) is 23.0. The Kier molecular flexibility index (Phi) is 6.87. The number of carbonyl (C=O) groups excluding carboxylic acids is 3. The summed E-state index contributed by atoms with van der Waals surface area (Å²) >= 11 is 0.976. The van der Waals surface area contributed by atoms with Crippen LogP contribution in [0.15, 0.2) is 29.2 Å². The van der Waals surface area contributed by atoms with E-state index in [0.29, 0.717) is 30.5 Å². The van der Waals surface area contributed by atoms with Crippen LogP contribution in [0.2, 0.25) is 0 Å². The highest BCUT2D eigenvalue weighted by Crippen LogP contribution is 2.28. The van der Waals surface area contributed by atoms with Gasteiger partial charge in [0.1, 0.15) is 10.9 Å². The number of anilines is 1. The summed E-state index contributed by atoms with van der Waals surface area (Å²) < 4.78 is 32.3. The molecule has 0 bridgehead atoms. The second kappa shape index (κ2) is 9.25. The van der Waals surface area contributed by atoms with E-state index in [4.69, 9.17) is 4.74 Å². The third-order valence-electron chi connectivity index (χ3n) is 5.02. The smallest absolute Gasteiger partial charge is 0.350 e. The van der Waals surface area contributed by atoms with Crippen LogP contribution >= 0.6 is 11.3 Å². The van der Waals surface area contributed by atoms with E-state index in [-0.39, 0.29) is 27.2 Å². The van der Waals surface area contributed by atoms with Crippen LogP contribution in [0, 0.1) is 6.92 Å². The first-order valence-electron chi connectivity index (χ1n) is 9.64. The van der Waals surface area contributed by atoms with Gasteiger partial charge < -0.3 is 10.1 Å². The third-order valence-corrected chi connectivity index (χ3v) is 8.00. The molecule has 9 nitrogen and oxygen atoms in total. The van der Waals surface area contributed by atoms with E-state index in [2.05, 4.69) is 10.3 Å². The number of rotatable bonds is 6. The van der Waals surface area contributed by atoms with E-state index in [0.717, 1.165) is 11.3 Å². The van der Waals surface area contributed by atoms with Crippen molar-refractivity contribution in [3.8, 4) is 0 Å². The number of hydrogen-bond donors (Lipinski definition) is 1. The molecule has 2 aromatic rings. The van der Waals surface area contributed by atoms with Crippen molar-refractivity contribution in [2.24, 2.45) is 0 Å². The molecule has 0 saturated carbocycles. The molecule has 1 aromatic carbocycles. The predicted molar refractivity (Wildman–Crippen MR) is 115 cm³/mol. The van der Waals surface area contributed by atoms with Gasteiger partial charge in [0.25, 0.3) is 0 Å². The molecule has 1 unspecified atom stereocenters. The molecule has 1 aromatic heterocycles. The molecule has 1 amide bonds. The number of amides is 1. The second-order valence-corrected chi connectivity index (χ2v) is 10.0. The molecule has 31 heavy (non-hydrogen) atoms. The lowest BCUT2D eigenvalue weighted by Gasteiger charge is -2.33. The van der Waals surface area contributed by atoms with Gasteiger partial charge in [-0.3, -0.25) is 9.59 Å². The van der Waals surface area contributed by atoms with Gasteiger partial charge in [0.2, 0.25) is 15.9 Å². The number of aromatic nitrogens is 1. The van der Waals surface area contributed by atoms with Gasteiger partial charge in [0.15, 0.2) is 10.9 Å². The van der Waals surface area contributed by atoms with Crippen molar-refractivity contribution in [3.63, 3.8) is 0 Å². The lowest BCUT2D eigenvalue weighted by molar-refractivity contribution is -0.120. The van der Waals surface area contributed by atoms with Gasteiger partial charge in [-0.15, -0.1) is 0 Å². The molecule has 1 aliphatic heterocycles. The summed E-state index contributed by atoms with van der Waals surface area (Å²) in [6, 6.07) is 4.77. The Morgan fingerprint density at radius 1 is 1.19 bits per heavy atom. The Balaban J connectivity index is 1.83. The summed E-state index contributed by atoms with van der Waals surface area (Å²) in [6.07, 6.45) is 1.71. The standard InChI is InChI=1S/C20H23N3O6S2/c1-12-17(19(26)29-3)30-20(21-12)22-18(25)16-6-4-5-11-23(16)31(27,28)15-9-7-14(8-10-15)13(2)24/h7-10,16H,4-6,11H2,1-3H3,(H,21,22,25). The highest BCUT2D eigenvalue weighted by molar-refractivity contribution is 7.89. The van der Waals surface area contributed by atoms with Crippen molar-refractivity contribution in [2.45, 2.75) is 44.0 Å². The van der Waals surface area contributed by atoms with E-state index >= 15 is 0 Å². The summed E-state index contributed by atoms with van der Waals surface area (Å²) in [7, 11) is -2.68. The number of thiazole rings is 1. The second-order valence-electron chi connectivity index (χ2n) is 7.12. The number of benzene rings is 1. The quantitative estimate of drug-likeness (QED) is 0.514. The minimum absolute atomic E-state index is 0.0234. The van der Waals surface area contributed by atoms with Crippen LogP contribution in [0.1, 0.15) is 51.9 Å². The molecule has 1 saturated heterocycles. The molecule has 166 valence electrons. The number of ketones is 1. The molecule has 2 heterocycles. The van der Waals surface area contributed by atoms with Crippen LogP contribution < -0.4 is 5.32 Å². The number of methoxy groups -OCH3 is 1. The first-order valence-corrected chi connectivity index (χ1v) is 11.9. The highest BCUT2D eigenvalue weighted by atomic mass is 32.2. The van der Waals surface area contributed by atoms with Crippen LogP contribution in [-0.4, -0.2) is 55.1 Å². The molecule has 0 spiro atoms. The molecule has 11 heteroatoms. The van der Waals surface area contributed by atoms with Crippen molar-refractivity contribution in [1.29, 1.82) is 0 Å². The third kappa shape index (κ3) is 4.83. The first-order chi connectivity index (χ1) is 14.6. The number of hydrogen-bond acceptors (Lipinski definition) is 8. The minimum atomic E-state index is -3.94. The molecule has 1 aliphatic rings. The van der Waals surface area contributed by atoms with E-state index in [1.165, 1.54) is 42.6 Å². The van der Waals surface area contributed by atoms with Crippen molar-refractivity contribution < 1.29 is 27.5 Å². The largest absolute Gasteiger partial charge is 0.465 e. The fraction of sp³-hybridized carbons (Fsp3) is 0.400. The lowest BCUT2D eigenvalue weighted by atomic mass is 10.0. The number of esters is 1. The van der Waals surface area contributed by atoms with Gasteiger partial charge in [-0.25, -0.2) is 18.2 Å². The molecular formula is C20H23N3O6S2. The zero-order valence-electron chi connectivity index (χ0n) is 17.4. The van der Waals surface area contributed by atoms with Crippen molar-refractivity contribution in [3.05, 3.63) is 40.4 Å². The molecule has 1 fully saturated rings. The van der Waals surface area contributed by atoms with Crippen molar-refractivity contribution in [2.75, 3.05) is 19.0 Å². The van der Waals surface area contributed by atoms with Crippen molar-refractivity contribution >= 4 is 44.2 Å². The molecule has 0 radical (unpaired) electrons. The van der Waals surface area contributed by atoms with Gasteiger partial charge in [-0.05, 0) is 38.8 Å². The zero-order valence-corrected chi connectivity index (χ0v) is 19.0. The number of ether oxygens (including phenoxy) is 1. The molecule has 3 rings (SSSR count). The van der Waals surface area contributed by atoms with Crippen LogP contribution in [0.4, 0.5) is 5.13 Å². The average molecular weight is 466 g/mol. The Morgan fingerprint density at radius 3 is 2.48 bits per heavy atom. The van der Waals surface area contributed by atoms with E-state index in [1.807, 2.05) is 0 Å². The fourth-order valence-corrected chi connectivity index (χ4v) is 5.92. The topological polar surface area (TPSA) is 123 Å². The molecule has 1 atom stereocenters. The van der Waals surface area contributed by atoms with Gasteiger partial charge in [-0.1, -0.05) is 29.9 Å². The van der Waals surface area contributed by atoms with Crippen LogP contribution in [0.25, 0.3) is 0 Å². The van der Waals surface area contributed by atoms with E-state index in [1.54, 1.807) is 6.92 Å². The monoisotopic (exact) mass is 465 g/mol. The van der Waals surface area contributed by atoms with E-state index < -0.39 is 27.9 Å². The fourth-order valence-electron chi connectivity index (χ4n) is 3.37. The summed E-state index contributed by atoms with van der Waals surface area (Å²) in [5.74, 6) is -1.22. The Bertz CT molecular complexity index is 1110. The van der Waals surface area contributed by atoms with Crippen LogP contribution in [0.3, 0.4) is 0 Å². The Labute approximate surface area is 184 Å².